The van der Waals surface area contributed by atoms with Crippen LogP contribution in [-0.4, -0.2) is 50.6 Å². The van der Waals surface area contributed by atoms with Crippen LogP contribution in [0.3, 0.4) is 0 Å². The molecule has 0 radical (unpaired) electrons. The molecule has 0 amide bonds. The number of carbonyl (C=O) groups is 1. The van der Waals surface area contributed by atoms with Crippen LogP contribution in [0.4, 0.5) is 0 Å². The lowest BCUT2D eigenvalue weighted by molar-refractivity contribution is -0.870. The second-order valence-electron chi connectivity index (χ2n) is 3.37. The van der Waals surface area contributed by atoms with Gasteiger partial charge in [-0.3, -0.25) is 4.79 Å². The molecule has 0 heterocycles. The van der Waals surface area contributed by atoms with Crippen molar-refractivity contribution in [3.63, 3.8) is 0 Å². The minimum atomic E-state index is -0.347. The van der Waals surface area contributed by atoms with Crippen LogP contribution in [0, 0.1) is 0 Å². The van der Waals surface area contributed by atoms with Crippen molar-refractivity contribution < 1.29 is 26.4 Å². The molecule has 0 aromatic carbocycles. The molecule has 0 atom stereocenters. The van der Waals surface area contributed by atoms with Gasteiger partial charge in [-0.05, 0) is 0 Å². The maximum atomic E-state index is 10.5. The summed E-state index contributed by atoms with van der Waals surface area (Å²) in [5.41, 5.74) is 0. The van der Waals surface area contributed by atoms with Crippen molar-refractivity contribution in [2.24, 2.45) is 0 Å². The third-order valence-electron chi connectivity index (χ3n) is 1.13. The maximum Gasteiger partial charge on any atom is 0.321 e. The number of halogens is 2. The van der Waals surface area contributed by atoms with Gasteiger partial charge in [0.1, 0.15) is 19.0 Å². The van der Waals surface area contributed by atoms with Crippen molar-refractivity contribution >= 4 is 17.6 Å². The topological polar surface area (TPSA) is 26.3 Å². The van der Waals surface area contributed by atoms with Gasteiger partial charge in [-0.2, -0.15) is 0 Å². The number of nitrogens with zero attached hydrogens (tertiary/aromatic N) is 1. The van der Waals surface area contributed by atoms with Crippen LogP contribution in [0.2, 0.25) is 0 Å². The third kappa shape index (κ3) is 10.0. The van der Waals surface area contributed by atoms with Crippen molar-refractivity contribution in [3.8, 4) is 0 Å². The molecule has 0 bridgehead atoms. The van der Waals surface area contributed by atoms with E-state index in [0.717, 1.165) is 11.0 Å². The van der Waals surface area contributed by atoms with E-state index < -0.39 is 0 Å². The number of rotatable bonds is 4. The van der Waals surface area contributed by atoms with Gasteiger partial charge in [-0.25, -0.2) is 0 Å². The first kappa shape index (κ1) is 14.5. The highest BCUT2D eigenvalue weighted by Gasteiger charge is 2.07. The molecule has 0 aliphatic rings. The average molecular weight is 216 g/mol. The number of carbonyl (C=O) groups excluding carboxylic acids is 1. The molecule has 0 aromatic heterocycles. The number of esters is 1. The SMILES string of the molecule is C[N+](C)(C)CCOC(=O)CCl.[Cl-]. The lowest BCUT2D eigenvalue weighted by atomic mass is 10.5. The first-order valence-corrected chi connectivity index (χ1v) is 4.01. The number of ether oxygens (including phenoxy) is 1. The van der Waals surface area contributed by atoms with Crippen LogP contribution in [0.15, 0.2) is 0 Å². The van der Waals surface area contributed by atoms with E-state index in [9.17, 15) is 4.79 Å². The summed E-state index contributed by atoms with van der Waals surface area (Å²) in [6, 6.07) is 0. The van der Waals surface area contributed by atoms with Crippen LogP contribution >= 0.6 is 11.6 Å². The van der Waals surface area contributed by atoms with E-state index in [2.05, 4.69) is 0 Å². The summed E-state index contributed by atoms with van der Waals surface area (Å²) < 4.78 is 5.57. The maximum absolute atomic E-state index is 10.5. The van der Waals surface area contributed by atoms with E-state index in [-0.39, 0.29) is 24.3 Å². The summed E-state index contributed by atoms with van der Waals surface area (Å²) in [5.74, 6) is -0.406. The highest BCUT2D eigenvalue weighted by molar-refractivity contribution is 6.26. The summed E-state index contributed by atoms with van der Waals surface area (Å²) in [5, 5.41) is 0. The molecule has 74 valence electrons. The highest BCUT2D eigenvalue weighted by atomic mass is 35.5. The van der Waals surface area contributed by atoms with Crippen molar-refractivity contribution in [1.82, 2.24) is 0 Å². The number of alkyl halides is 1. The molecule has 0 rings (SSSR count). The first-order valence-electron chi connectivity index (χ1n) is 3.48. The predicted molar refractivity (Wildman–Crippen MR) is 44.6 cm³/mol. The molecule has 0 N–H and O–H groups in total. The van der Waals surface area contributed by atoms with E-state index in [4.69, 9.17) is 16.3 Å². The van der Waals surface area contributed by atoms with Gasteiger partial charge in [0.2, 0.25) is 0 Å². The van der Waals surface area contributed by atoms with Gasteiger partial charge in [0.05, 0.1) is 21.1 Å². The molecule has 0 saturated carbocycles. The molecule has 3 nitrogen and oxygen atoms in total. The molecule has 5 heteroatoms. The summed E-state index contributed by atoms with van der Waals surface area (Å²) in [7, 11) is 6.11. The Kier molecular flexibility index (Phi) is 7.89. The summed E-state index contributed by atoms with van der Waals surface area (Å²) in [6.07, 6.45) is 0. The predicted octanol–water partition coefficient (Wildman–Crippen LogP) is -2.52. The zero-order chi connectivity index (χ0) is 8.91. The second kappa shape index (κ2) is 6.52. The Balaban J connectivity index is 0. The molecule has 0 saturated heterocycles. The molecule has 0 unspecified atom stereocenters. The second-order valence-corrected chi connectivity index (χ2v) is 3.64. The number of hydrogen-bond acceptors (Lipinski definition) is 2. The fraction of sp³-hybridized carbons (Fsp3) is 0.857. The van der Waals surface area contributed by atoms with Crippen LogP contribution in [-0.2, 0) is 9.53 Å². The van der Waals surface area contributed by atoms with Gasteiger partial charge >= 0.3 is 5.97 Å². The Morgan fingerprint density at radius 2 is 1.92 bits per heavy atom. The Bertz CT molecular complexity index is 134. The van der Waals surface area contributed by atoms with E-state index in [1.807, 2.05) is 21.1 Å². The molecular formula is C7H15Cl2NO2. The quantitative estimate of drug-likeness (QED) is 0.294. The fourth-order valence-corrected chi connectivity index (χ4v) is 0.549. The Labute approximate surface area is 84.6 Å². The summed E-state index contributed by atoms with van der Waals surface area (Å²) in [4.78, 5) is 10.5. The highest BCUT2D eigenvalue weighted by Crippen LogP contribution is 1.90. The Morgan fingerprint density at radius 3 is 2.25 bits per heavy atom. The molecule has 0 aliphatic carbocycles. The van der Waals surface area contributed by atoms with Gasteiger partial charge in [-0.1, -0.05) is 0 Å². The smallest absolute Gasteiger partial charge is 0.321 e. The van der Waals surface area contributed by atoms with Gasteiger partial charge in [0, 0.05) is 0 Å². The van der Waals surface area contributed by atoms with Crippen LogP contribution in [0.25, 0.3) is 0 Å². The largest absolute Gasteiger partial charge is 1.00 e. The number of hydrogen-bond donors (Lipinski definition) is 0. The monoisotopic (exact) mass is 215 g/mol. The molecule has 0 aliphatic heterocycles. The van der Waals surface area contributed by atoms with Crippen molar-refractivity contribution in [3.05, 3.63) is 0 Å². The Morgan fingerprint density at radius 1 is 1.42 bits per heavy atom. The molecule has 0 spiro atoms. The minimum Gasteiger partial charge on any atom is -1.00 e. The van der Waals surface area contributed by atoms with Gasteiger partial charge < -0.3 is 21.6 Å². The Hall–Kier alpha value is 0.01000. The molecule has 0 aromatic rings. The van der Waals surface area contributed by atoms with E-state index >= 15 is 0 Å². The molecular weight excluding hydrogens is 201 g/mol. The van der Waals surface area contributed by atoms with Crippen molar-refractivity contribution in [1.29, 1.82) is 0 Å². The van der Waals surface area contributed by atoms with Crippen LogP contribution < -0.4 is 12.4 Å². The van der Waals surface area contributed by atoms with Crippen molar-refractivity contribution in [2.45, 2.75) is 0 Å². The zero-order valence-electron chi connectivity index (χ0n) is 7.64. The summed E-state index contributed by atoms with van der Waals surface area (Å²) >= 11 is 5.22. The standard InChI is InChI=1S/C7H15ClNO2.ClH/c1-9(2,3)4-5-11-7(10)6-8;/h4-6H2,1-3H3;1H/q+1;/p-1. The fourth-order valence-electron chi connectivity index (χ4n) is 0.472. The average Bonchev–Trinajstić information content (AvgIpc) is 1.85. The summed E-state index contributed by atoms with van der Waals surface area (Å²) in [6.45, 7) is 1.25. The van der Waals surface area contributed by atoms with Gasteiger partial charge in [0.25, 0.3) is 0 Å². The normalized spacial score (nSPS) is 10.3. The molecule has 0 fully saturated rings. The van der Waals surface area contributed by atoms with E-state index in [0.29, 0.717) is 6.61 Å². The molecule has 12 heavy (non-hydrogen) atoms. The lowest BCUT2D eigenvalue weighted by Crippen LogP contribution is -3.00. The van der Waals surface area contributed by atoms with E-state index in [1.54, 1.807) is 0 Å². The van der Waals surface area contributed by atoms with Crippen molar-refractivity contribution in [2.75, 3.05) is 40.2 Å². The third-order valence-corrected chi connectivity index (χ3v) is 1.35. The zero-order valence-corrected chi connectivity index (χ0v) is 9.15. The van der Waals surface area contributed by atoms with Gasteiger partial charge in [-0.15, -0.1) is 11.6 Å². The van der Waals surface area contributed by atoms with Gasteiger partial charge in [0.15, 0.2) is 0 Å². The van der Waals surface area contributed by atoms with Crippen LogP contribution in [0.5, 0.6) is 0 Å². The number of quaternary nitrogens is 1. The first-order chi connectivity index (χ1) is 4.95. The minimum absolute atomic E-state index is 0. The number of likely N-dealkylation sites (N-methyl/N-ethyl adjacent to an activating group) is 1. The van der Waals surface area contributed by atoms with Crippen LogP contribution in [0.1, 0.15) is 0 Å². The van der Waals surface area contributed by atoms with E-state index in [1.165, 1.54) is 0 Å². The lowest BCUT2D eigenvalue weighted by Gasteiger charge is -2.23.